The summed E-state index contributed by atoms with van der Waals surface area (Å²) >= 11 is 0. The number of hydrogen-bond donors (Lipinski definition) is 2. The second-order valence-electron chi connectivity index (χ2n) is 6.36. The van der Waals surface area contributed by atoms with Gasteiger partial charge in [0, 0.05) is 12.1 Å². The molecule has 0 bridgehead atoms. The number of aliphatic hydroxyl groups excluding tert-OH is 1. The van der Waals surface area contributed by atoms with E-state index in [1.54, 1.807) is 0 Å². The van der Waals surface area contributed by atoms with E-state index in [9.17, 15) is 13.5 Å². The number of β-amino-alcohol motifs (C(OH)–C–C–N with tert-alkyl or cyclic N) is 1. The Balaban J connectivity index is 2.33. The summed E-state index contributed by atoms with van der Waals surface area (Å²) in [5, 5.41) is 12.9. The van der Waals surface area contributed by atoms with E-state index >= 15 is 0 Å². The SMILES string of the molecule is CC1(NCC(O)COC(C)(C)C)CCS(=O)(=O)C1. The van der Waals surface area contributed by atoms with Crippen LogP contribution in [-0.2, 0) is 14.6 Å². The first-order valence-electron chi connectivity index (χ1n) is 6.29. The fraction of sp³-hybridized carbons (Fsp3) is 1.00. The molecule has 6 heteroatoms. The van der Waals surface area contributed by atoms with Crippen LogP contribution in [0, 0.1) is 0 Å². The van der Waals surface area contributed by atoms with Gasteiger partial charge in [-0.05, 0) is 34.1 Å². The number of nitrogens with one attached hydrogen (secondary N) is 1. The number of hydrogen-bond acceptors (Lipinski definition) is 5. The third-order valence-electron chi connectivity index (χ3n) is 2.98. The van der Waals surface area contributed by atoms with E-state index in [0.29, 0.717) is 13.0 Å². The topological polar surface area (TPSA) is 75.6 Å². The van der Waals surface area contributed by atoms with Crippen LogP contribution in [0.4, 0.5) is 0 Å². The molecule has 1 rings (SSSR count). The minimum absolute atomic E-state index is 0.146. The number of ether oxygens (including phenoxy) is 1. The molecule has 1 fully saturated rings. The van der Waals surface area contributed by atoms with Crippen molar-refractivity contribution in [2.24, 2.45) is 0 Å². The lowest BCUT2D eigenvalue weighted by atomic mass is 10.0. The Morgan fingerprint density at radius 1 is 1.44 bits per heavy atom. The van der Waals surface area contributed by atoms with Gasteiger partial charge in [0.25, 0.3) is 0 Å². The summed E-state index contributed by atoms with van der Waals surface area (Å²) in [5.74, 6) is 0.373. The van der Waals surface area contributed by atoms with Crippen LogP contribution >= 0.6 is 0 Å². The highest BCUT2D eigenvalue weighted by Crippen LogP contribution is 2.22. The molecule has 18 heavy (non-hydrogen) atoms. The van der Waals surface area contributed by atoms with E-state index in [2.05, 4.69) is 5.32 Å². The maximum absolute atomic E-state index is 11.4. The third kappa shape index (κ3) is 5.65. The molecule has 1 aliphatic heterocycles. The Morgan fingerprint density at radius 3 is 2.50 bits per heavy atom. The first kappa shape index (κ1) is 15.9. The number of rotatable bonds is 5. The lowest BCUT2D eigenvalue weighted by Crippen LogP contribution is -2.47. The summed E-state index contributed by atoms with van der Waals surface area (Å²) in [6, 6.07) is 0. The fourth-order valence-electron chi connectivity index (χ4n) is 1.92. The average molecular weight is 279 g/mol. The zero-order valence-electron chi connectivity index (χ0n) is 11.7. The predicted octanol–water partition coefficient (Wildman–Crippen LogP) is 0.329. The van der Waals surface area contributed by atoms with Crippen molar-refractivity contribution in [3.8, 4) is 0 Å². The van der Waals surface area contributed by atoms with Gasteiger partial charge in [-0.25, -0.2) is 8.42 Å². The molecular formula is C12H25NO4S. The van der Waals surface area contributed by atoms with Crippen molar-refractivity contribution in [1.29, 1.82) is 0 Å². The maximum atomic E-state index is 11.4. The zero-order chi connectivity index (χ0) is 14.0. The monoisotopic (exact) mass is 279 g/mol. The van der Waals surface area contributed by atoms with E-state index in [1.165, 1.54) is 0 Å². The lowest BCUT2D eigenvalue weighted by molar-refractivity contribution is -0.0490. The molecule has 5 nitrogen and oxygen atoms in total. The quantitative estimate of drug-likeness (QED) is 0.758. The molecule has 1 aliphatic rings. The molecule has 1 heterocycles. The van der Waals surface area contributed by atoms with Crippen molar-refractivity contribution < 1.29 is 18.3 Å². The smallest absolute Gasteiger partial charge is 0.152 e. The van der Waals surface area contributed by atoms with Crippen LogP contribution in [0.1, 0.15) is 34.1 Å². The largest absolute Gasteiger partial charge is 0.389 e. The van der Waals surface area contributed by atoms with E-state index in [1.807, 2.05) is 27.7 Å². The molecule has 2 atom stereocenters. The minimum Gasteiger partial charge on any atom is -0.389 e. The van der Waals surface area contributed by atoms with E-state index in [0.717, 1.165) is 0 Å². The normalized spacial score (nSPS) is 29.4. The number of sulfone groups is 1. The molecule has 108 valence electrons. The first-order chi connectivity index (χ1) is 8.02. The van der Waals surface area contributed by atoms with Crippen molar-refractivity contribution in [2.75, 3.05) is 24.7 Å². The summed E-state index contributed by atoms with van der Waals surface area (Å²) in [4.78, 5) is 0. The third-order valence-corrected chi connectivity index (χ3v) is 4.88. The van der Waals surface area contributed by atoms with Crippen LogP contribution in [0.15, 0.2) is 0 Å². The number of aliphatic hydroxyl groups is 1. The van der Waals surface area contributed by atoms with Gasteiger partial charge in [0.2, 0.25) is 0 Å². The lowest BCUT2D eigenvalue weighted by Gasteiger charge is -2.27. The predicted molar refractivity (Wildman–Crippen MR) is 71.4 cm³/mol. The fourth-order valence-corrected chi connectivity index (χ4v) is 4.04. The summed E-state index contributed by atoms with van der Waals surface area (Å²) < 4.78 is 28.3. The standard InChI is InChI=1S/C12H25NO4S/c1-11(2,3)17-8-10(14)7-13-12(4)5-6-18(15,16)9-12/h10,13-14H,5-9H2,1-4H3. The molecular weight excluding hydrogens is 254 g/mol. The Hall–Kier alpha value is -0.170. The van der Waals surface area contributed by atoms with Gasteiger partial charge in [0.15, 0.2) is 9.84 Å². The molecule has 0 saturated carbocycles. The molecule has 0 aromatic rings. The maximum Gasteiger partial charge on any atom is 0.152 e. The van der Waals surface area contributed by atoms with Gasteiger partial charge < -0.3 is 15.2 Å². The van der Waals surface area contributed by atoms with Gasteiger partial charge in [-0.15, -0.1) is 0 Å². The van der Waals surface area contributed by atoms with Gasteiger partial charge >= 0.3 is 0 Å². The molecule has 0 aromatic heterocycles. The molecule has 0 amide bonds. The Bertz CT molecular complexity index is 374. The van der Waals surface area contributed by atoms with Crippen molar-refractivity contribution >= 4 is 9.84 Å². The van der Waals surface area contributed by atoms with Gasteiger partial charge in [0.05, 0.1) is 29.8 Å². The van der Waals surface area contributed by atoms with Crippen molar-refractivity contribution in [3.63, 3.8) is 0 Å². The molecule has 0 aliphatic carbocycles. The van der Waals surface area contributed by atoms with Gasteiger partial charge in [-0.1, -0.05) is 0 Å². The van der Waals surface area contributed by atoms with Crippen LogP contribution in [-0.4, -0.2) is 55.4 Å². The van der Waals surface area contributed by atoms with Crippen LogP contribution in [0.5, 0.6) is 0 Å². The van der Waals surface area contributed by atoms with Gasteiger partial charge in [-0.2, -0.15) is 0 Å². The molecule has 0 radical (unpaired) electrons. The first-order valence-corrected chi connectivity index (χ1v) is 8.11. The Kier molecular flexibility index (Phi) is 4.81. The molecule has 2 unspecified atom stereocenters. The summed E-state index contributed by atoms with van der Waals surface area (Å²) in [5.41, 5.74) is -0.691. The van der Waals surface area contributed by atoms with E-state index in [-0.39, 0.29) is 23.7 Å². The van der Waals surface area contributed by atoms with E-state index < -0.39 is 21.5 Å². The van der Waals surface area contributed by atoms with Gasteiger partial charge in [-0.3, -0.25) is 0 Å². The van der Waals surface area contributed by atoms with Crippen LogP contribution in [0.25, 0.3) is 0 Å². The summed E-state index contributed by atoms with van der Waals surface area (Å²) in [7, 11) is -2.91. The van der Waals surface area contributed by atoms with Crippen molar-refractivity contribution in [3.05, 3.63) is 0 Å². The molecule has 0 aromatic carbocycles. The van der Waals surface area contributed by atoms with Crippen LogP contribution < -0.4 is 5.32 Å². The van der Waals surface area contributed by atoms with Crippen LogP contribution in [0.3, 0.4) is 0 Å². The van der Waals surface area contributed by atoms with Gasteiger partial charge in [0.1, 0.15) is 0 Å². The Morgan fingerprint density at radius 2 is 2.06 bits per heavy atom. The van der Waals surface area contributed by atoms with Crippen molar-refractivity contribution in [2.45, 2.75) is 51.4 Å². The second kappa shape index (κ2) is 5.45. The van der Waals surface area contributed by atoms with E-state index in [4.69, 9.17) is 4.74 Å². The second-order valence-corrected chi connectivity index (χ2v) is 8.54. The molecule has 1 saturated heterocycles. The van der Waals surface area contributed by atoms with Crippen LogP contribution in [0.2, 0.25) is 0 Å². The zero-order valence-corrected chi connectivity index (χ0v) is 12.5. The Labute approximate surface area is 110 Å². The average Bonchev–Trinajstić information content (AvgIpc) is 2.47. The highest BCUT2D eigenvalue weighted by atomic mass is 32.2. The molecule has 0 spiro atoms. The highest BCUT2D eigenvalue weighted by molar-refractivity contribution is 7.91. The van der Waals surface area contributed by atoms with Crippen molar-refractivity contribution in [1.82, 2.24) is 5.32 Å². The summed E-state index contributed by atoms with van der Waals surface area (Å²) in [6.45, 7) is 8.27. The summed E-state index contributed by atoms with van der Waals surface area (Å²) in [6.07, 6.45) is -0.0216. The highest BCUT2D eigenvalue weighted by Gasteiger charge is 2.38. The molecule has 2 N–H and O–H groups in total. The minimum atomic E-state index is -2.91.